The Kier molecular flexibility index (Phi) is 5.45. The van der Waals surface area contributed by atoms with Crippen molar-refractivity contribution in [1.29, 1.82) is 0 Å². The van der Waals surface area contributed by atoms with E-state index in [0.717, 1.165) is 6.42 Å². The Morgan fingerprint density at radius 2 is 2.06 bits per heavy atom. The molecule has 0 saturated heterocycles. The van der Waals surface area contributed by atoms with Crippen molar-refractivity contribution in [2.75, 3.05) is 19.0 Å². The van der Waals surface area contributed by atoms with Crippen LogP contribution in [0.4, 0.5) is 5.69 Å². The summed E-state index contributed by atoms with van der Waals surface area (Å²) >= 11 is 5.81. The first kappa shape index (κ1) is 14.3. The average Bonchev–Trinajstić information content (AvgIpc) is 2.36. The molecule has 98 valence electrons. The second kappa shape index (κ2) is 6.86. The van der Waals surface area contributed by atoms with Crippen LogP contribution in [0.25, 0.3) is 0 Å². The van der Waals surface area contributed by atoms with Gasteiger partial charge in [-0.2, -0.15) is 0 Å². The maximum atomic E-state index is 11.6. The fraction of sp³-hybridized carbons (Fsp3) is 0.333. The first-order valence-electron chi connectivity index (χ1n) is 5.51. The molecule has 0 aromatic heterocycles. The van der Waals surface area contributed by atoms with Gasteiger partial charge >= 0.3 is 11.8 Å². The zero-order chi connectivity index (χ0) is 13.5. The monoisotopic (exact) mass is 270 g/mol. The van der Waals surface area contributed by atoms with E-state index in [4.69, 9.17) is 16.3 Å². The lowest BCUT2D eigenvalue weighted by Crippen LogP contribution is -2.35. The van der Waals surface area contributed by atoms with Crippen LogP contribution in [0, 0.1) is 0 Å². The number of nitrogens with one attached hydrogen (secondary N) is 2. The van der Waals surface area contributed by atoms with Crippen molar-refractivity contribution in [3.63, 3.8) is 0 Å². The van der Waals surface area contributed by atoms with Crippen molar-refractivity contribution in [2.24, 2.45) is 0 Å². The molecule has 0 bridgehead atoms. The number of ether oxygens (including phenoxy) is 1. The van der Waals surface area contributed by atoms with E-state index in [1.54, 1.807) is 12.1 Å². The molecule has 0 saturated carbocycles. The van der Waals surface area contributed by atoms with E-state index in [-0.39, 0.29) is 0 Å². The lowest BCUT2D eigenvalue weighted by molar-refractivity contribution is -0.136. The van der Waals surface area contributed by atoms with Gasteiger partial charge in [-0.05, 0) is 24.6 Å². The predicted octanol–water partition coefficient (Wildman–Crippen LogP) is 1.81. The van der Waals surface area contributed by atoms with Crippen LogP contribution in [0.1, 0.15) is 13.3 Å². The Bertz CT molecular complexity index is 449. The first-order valence-corrected chi connectivity index (χ1v) is 5.89. The molecule has 1 aromatic carbocycles. The number of rotatable bonds is 4. The molecule has 0 atom stereocenters. The van der Waals surface area contributed by atoms with Crippen molar-refractivity contribution in [3.8, 4) is 5.75 Å². The first-order chi connectivity index (χ1) is 8.58. The third-order valence-corrected chi connectivity index (χ3v) is 2.39. The summed E-state index contributed by atoms with van der Waals surface area (Å²) in [5.41, 5.74) is 0.363. The van der Waals surface area contributed by atoms with E-state index in [0.29, 0.717) is 23.0 Å². The zero-order valence-electron chi connectivity index (χ0n) is 10.2. The summed E-state index contributed by atoms with van der Waals surface area (Å²) in [4.78, 5) is 23.0. The molecule has 1 aromatic rings. The topological polar surface area (TPSA) is 67.4 Å². The third-order valence-electron chi connectivity index (χ3n) is 2.15. The van der Waals surface area contributed by atoms with Gasteiger partial charge in [0.2, 0.25) is 0 Å². The normalized spacial score (nSPS) is 9.72. The van der Waals surface area contributed by atoms with Gasteiger partial charge < -0.3 is 15.4 Å². The quantitative estimate of drug-likeness (QED) is 0.820. The van der Waals surface area contributed by atoms with E-state index < -0.39 is 11.8 Å². The number of amides is 2. The van der Waals surface area contributed by atoms with Crippen LogP contribution in [0.5, 0.6) is 5.75 Å². The van der Waals surface area contributed by atoms with E-state index >= 15 is 0 Å². The van der Waals surface area contributed by atoms with E-state index in [1.165, 1.54) is 13.2 Å². The molecule has 2 N–H and O–H groups in total. The number of hydrogen-bond acceptors (Lipinski definition) is 3. The summed E-state index contributed by atoms with van der Waals surface area (Å²) in [6.07, 6.45) is 0.763. The second-order valence-corrected chi connectivity index (χ2v) is 3.99. The number of benzene rings is 1. The Morgan fingerprint density at radius 3 is 2.67 bits per heavy atom. The van der Waals surface area contributed by atoms with Crippen LogP contribution in [0.3, 0.4) is 0 Å². The average molecular weight is 271 g/mol. The molecule has 0 heterocycles. The Balaban J connectivity index is 2.74. The highest BCUT2D eigenvalue weighted by Crippen LogP contribution is 2.27. The minimum absolute atomic E-state index is 0.363. The van der Waals surface area contributed by atoms with Crippen molar-refractivity contribution in [1.82, 2.24) is 5.32 Å². The SMILES string of the molecule is CCCNC(=O)C(=O)Nc1cc(Cl)ccc1OC. The van der Waals surface area contributed by atoms with Crippen LogP contribution in [-0.4, -0.2) is 25.5 Å². The summed E-state index contributed by atoms with van der Waals surface area (Å²) in [6.45, 7) is 2.36. The predicted molar refractivity (Wildman–Crippen MR) is 69.9 cm³/mol. The fourth-order valence-corrected chi connectivity index (χ4v) is 1.45. The van der Waals surface area contributed by atoms with Crippen molar-refractivity contribution in [2.45, 2.75) is 13.3 Å². The molecular formula is C12H15ClN2O3. The minimum atomic E-state index is -0.746. The minimum Gasteiger partial charge on any atom is -0.495 e. The van der Waals surface area contributed by atoms with Gasteiger partial charge in [-0.25, -0.2) is 0 Å². The Labute approximate surface area is 110 Å². The third kappa shape index (κ3) is 3.92. The Morgan fingerprint density at radius 1 is 1.33 bits per heavy atom. The highest BCUT2D eigenvalue weighted by atomic mass is 35.5. The standard InChI is InChI=1S/C12H15ClN2O3/c1-3-6-14-11(16)12(17)15-9-7-8(13)4-5-10(9)18-2/h4-5,7H,3,6H2,1-2H3,(H,14,16)(H,15,17). The van der Waals surface area contributed by atoms with Crippen molar-refractivity contribution in [3.05, 3.63) is 23.2 Å². The molecule has 0 radical (unpaired) electrons. The molecule has 18 heavy (non-hydrogen) atoms. The molecule has 0 aliphatic heterocycles. The largest absolute Gasteiger partial charge is 0.495 e. The van der Waals surface area contributed by atoms with Gasteiger partial charge in [-0.1, -0.05) is 18.5 Å². The van der Waals surface area contributed by atoms with Crippen LogP contribution in [-0.2, 0) is 9.59 Å². The summed E-state index contributed by atoms with van der Waals surface area (Å²) in [5.74, 6) is -0.987. The number of anilines is 1. The van der Waals surface area contributed by atoms with E-state index in [9.17, 15) is 9.59 Å². The maximum Gasteiger partial charge on any atom is 0.313 e. The highest BCUT2D eigenvalue weighted by Gasteiger charge is 2.15. The van der Waals surface area contributed by atoms with Gasteiger partial charge in [0.15, 0.2) is 0 Å². The molecule has 0 fully saturated rings. The van der Waals surface area contributed by atoms with Crippen molar-refractivity contribution < 1.29 is 14.3 Å². The van der Waals surface area contributed by atoms with Gasteiger partial charge in [0.05, 0.1) is 12.8 Å². The number of halogens is 1. The summed E-state index contributed by atoms with van der Waals surface area (Å²) < 4.78 is 5.06. The smallest absolute Gasteiger partial charge is 0.313 e. The summed E-state index contributed by atoms with van der Waals surface area (Å²) in [5, 5.41) is 5.37. The van der Waals surface area contributed by atoms with Gasteiger partial charge in [0.25, 0.3) is 0 Å². The van der Waals surface area contributed by atoms with Crippen LogP contribution < -0.4 is 15.4 Å². The lowest BCUT2D eigenvalue weighted by Gasteiger charge is -2.10. The molecule has 2 amide bonds. The molecular weight excluding hydrogens is 256 g/mol. The number of methoxy groups -OCH3 is 1. The zero-order valence-corrected chi connectivity index (χ0v) is 11.0. The summed E-state index contributed by atoms with van der Waals surface area (Å²) in [7, 11) is 1.47. The second-order valence-electron chi connectivity index (χ2n) is 3.55. The van der Waals surface area contributed by atoms with Crippen LogP contribution in [0.2, 0.25) is 5.02 Å². The molecule has 0 aliphatic rings. The lowest BCUT2D eigenvalue weighted by atomic mass is 10.3. The van der Waals surface area contributed by atoms with Gasteiger partial charge in [-0.15, -0.1) is 0 Å². The number of hydrogen-bond donors (Lipinski definition) is 2. The van der Waals surface area contributed by atoms with E-state index in [2.05, 4.69) is 10.6 Å². The molecule has 5 nitrogen and oxygen atoms in total. The highest BCUT2D eigenvalue weighted by molar-refractivity contribution is 6.40. The molecule has 1 rings (SSSR count). The van der Waals surface area contributed by atoms with Gasteiger partial charge in [0, 0.05) is 11.6 Å². The van der Waals surface area contributed by atoms with Crippen LogP contribution >= 0.6 is 11.6 Å². The van der Waals surface area contributed by atoms with Crippen molar-refractivity contribution >= 4 is 29.1 Å². The van der Waals surface area contributed by atoms with Crippen LogP contribution in [0.15, 0.2) is 18.2 Å². The molecule has 0 spiro atoms. The molecule has 6 heteroatoms. The van der Waals surface area contributed by atoms with Gasteiger partial charge in [0.1, 0.15) is 5.75 Å². The number of carbonyl (C=O) groups excluding carboxylic acids is 2. The maximum absolute atomic E-state index is 11.6. The van der Waals surface area contributed by atoms with E-state index in [1.807, 2.05) is 6.92 Å². The van der Waals surface area contributed by atoms with Gasteiger partial charge in [-0.3, -0.25) is 9.59 Å². The summed E-state index contributed by atoms with van der Waals surface area (Å²) in [6, 6.07) is 4.76. The Hall–Kier alpha value is -1.75. The molecule has 0 unspecified atom stereocenters. The molecule has 0 aliphatic carbocycles. The number of carbonyl (C=O) groups is 2. The fourth-order valence-electron chi connectivity index (χ4n) is 1.28.